The lowest BCUT2D eigenvalue weighted by molar-refractivity contribution is 0.0932. The van der Waals surface area contributed by atoms with Gasteiger partial charge in [-0.15, -0.1) is 0 Å². The molecule has 3 aromatic carbocycles. The van der Waals surface area contributed by atoms with Crippen LogP contribution in [0.15, 0.2) is 66.7 Å². The molecule has 1 unspecified atom stereocenters. The molecule has 1 N–H and O–H groups in total. The Kier molecular flexibility index (Phi) is 4.05. The monoisotopic (exact) mass is 397 g/mol. The Labute approximate surface area is 175 Å². The summed E-state index contributed by atoms with van der Waals surface area (Å²) in [4.78, 5) is 13.0. The van der Waals surface area contributed by atoms with Gasteiger partial charge in [0.1, 0.15) is 13.2 Å². The van der Waals surface area contributed by atoms with Crippen molar-refractivity contribution in [3.63, 3.8) is 0 Å². The van der Waals surface area contributed by atoms with Gasteiger partial charge >= 0.3 is 0 Å². The van der Waals surface area contributed by atoms with Crippen molar-refractivity contribution in [3.05, 3.63) is 94.5 Å². The highest BCUT2D eigenvalue weighted by atomic mass is 16.6. The number of ether oxygens (including phenoxy) is 2. The lowest BCUT2D eigenvalue weighted by Gasteiger charge is -2.45. The summed E-state index contributed by atoms with van der Waals surface area (Å²) in [5.74, 6) is 2.22. The molecule has 3 aliphatic carbocycles. The number of nitrogens with one attached hydrogen (secondary N) is 1. The van der Waals surface area contributed by atoms with Gasteiger partial charge in [0.25, 0.3) is 5.91 Å². The van der Waals surface area contributed by atoms with E-state index < -0.39 is 0 Å². The normalized spacial score (nSPS) is 22.7. The van der Waals surface area contributed by atoms with Crippen molar-refractivity contribution in [1.82, 2.24) is 5.32 Å². The van der Waals surface area contributed by atoms with Gasteiger partial charge in [0.15, 0.2) is 11.5 Å². The fraction of sp³-hybridized carbons (Fsp3) is 0.269. The molecule has 0 aromatic heterocycles. The molecule has 0 fully saturated rings. The molecule has 3 aromatic rings. The average Bonchev–Trinajstić information content (AvgIpc) is 2.82. The van der Waals surface area contributed by atoms with Crippen molar-refractivity contribution in [3.8, 4) is 11.5 Å². The average molecular weight is 397 g/mol. The highest BCUT2D eigenvalue weighted by Gasteiger charge is 2.43. The van der Waals surface area contributed by atoms with Crippen molar-refractivity contribution in [2.24, 2.45) is 5.92 Å². The Hall–Kier alpha value is -3.27. The molecular formula is C26H23NO3. The van der Waals surface area contributed by atoms with E-state index in [2.05, 4.69) is 53.8 Å². The molecule has 1 heterocycles. The van der Waals surface area contributed by atoms with Crippen LogP contribution in [0.2, 0.25) is 0 Å². The minimum absolute atomic E-state index is 0.0969. The van der Waals surface area contributed by atoms with Crippen LogP contribution in [0.4, 0.5) is 0 Å². The fourth-order valence-corrected chi connectivity index (χ4v) is 5.53. The maximum absolute atomic E-state index is 13.0. The van der Waals surface area contributed by atoms with E-state index in [1.165, 1.54) is 22.3 Å². The number of amides is 1. The van der Waals surface area contributed by atoms with E-state index in [4.69, 9.17) is 9.47 Å². The van der Waals surface area contributed by atoms with Crippen LogP contribution in [-0.2, 0) is 0 Å². The van der Waals surface area contributed by atoms with Crippen LogP contribution >= 0.6 is 0 Å². The summed E-state index contributed by atoms with van der Waals surface area (Å²) in [6.07, 6.45) is 1.06. The maximum atomic E-state index is 13.0. The third-order valence-corrected chi connectivity index (χ3v) is 6.76. The van der Waals surface area contributed by atoms with E-state index >= 15 is 0 Å². The fourth-order valence-electron chi connectivity index (χ4n) is 5.53. The molecule has 0 saturated heterocycles. The minimum atomic E-state index is -0.0969. The Morgan fingerprint density at radius 3 is 2.23 bits per heavy atom. The van der Waals surface area contributed by atoms with Gasteiger partial charge in [0.05, 0.1) is 5.56 Å². The first-order chi connectivity index (χ1) is 14.8. The molecule has 1 amide bonds. The molecule has 4 aliphatic rings. The number of benzene rings is 3. The SMILES string of the molecule is O=C(NCC1CC2c3ccccc3C1c1ccccc12)c1cccc2c1OCCO2. The van der Waals surface area contributed by atoms with Crippen LogP contribution in [0.3, 0.4) is 0 Å². The Morgan fingerprint density at radius 2 is 1.50 bits per heavy atom. The van der Waals surface area contributed by atoms with E-state index in [0.717, 1.165) is 6.42 Å². The Morgan fingerprint density at radius 1 is 0.833 bits per heavy atom. The van der Waals surface area contributed by atoms with Gasteiger partial charge in [-0.2, -0.15) is 0 Å². The third kappa shape index (κ3) is 2.63. The summed E-state index contributed by atoms with van der Waals surface area (Å²) in [7, 11) is 0. The molecule has 150 valence electrons. The van der Waals surface area contributed by atoms with E-state index in [-0.39, 0.29) is 5.91 Å². The van der Waals surface area contributed by atoms with Gasteiger partial charge in [0, 0.05) is 18.4 Å². The van der Waals surface area contributed by atoms with Crippen molar-refractivity contribution < 1.29 is 14.3 Å². The van der Waals surface area contributed by atoms with E-state index in [0.29, 0.717) is 54.6 Å². The molecule has 0 spiro atoms. The van der Waals surface area contributed by atoms with Crippen LogP contribution in [-0.4, -0.2) is 25.7 Å². The van der Waals surface area contributed by atoms with Crippen molar-refractivity contribution >= 4 is 5.91 Å². The standard InChI is InChI=1S/C26H23NO3/c28-26(21-10-5-11-23-25(21)30-13-12-29-23)27-15-16-14-22-17-6-1-3-8-19(17)24(16)20-9-4-2-7-18(20)22/h1-11,16,22,24H,12-15H2,(H,27,28). The molecule has 2 bridgehead atoms. The predicted molar refractivity (Wildman–Crippen MR) is 114 cm³/mol. The summed E-state index contributed by atoms with van der Waals surface area (Å²) < 4.78 is 11.3. The summed E-state index contributed by atoms with van der Waals surface area (Å²) >= 11 is 0. The molecule has 1 atom stereocenters. The maximum Gasteiger partial charge on any atom is 0.255 e. The summed E-state index contributed by atoms with van der Waals surface area (Å²) in [5, 5.41) is 3.19. The zero-order chi connectivity index (χ0) is 20.1. The highest BCUT2D eigenvalue weighted by molar-refractivity contribution is 5.97. The first-order valence-corrected chi connectivity index (χ1v) is 10.7. The zero-order valence-corrected chi connectivity index (χ0v) is 16.6. The second kappa shape index (κ2) is 6.91. The number of hydrogen-bond donors (Lipinski definition) is 1. The van der Waals surface area contributed by atoms with E-state index in [1.807, 2.05) is 12.1 Å². The first kappa shape index (κ1) is 17.6. The van der Waals surface area contributed by atoms with E-state index in [9.17, 15) is 4.79 Å². The van der Waals surface area contributed by atoms with Crippen molar-refractivity contribution in [2.45, 2.75) is 18.3 Å². The van der Waals surface area contributed by atoms with Gasteiger partial charge in [-0.3, -0.25) is 4.79 Å². The largest absolute Gasteiger partial charge is 0.486 e. The summed E-state index contributed by atoms with van der Waals surface area (Å²) in [6.45, 7) is 1.63. The zero-order valence-electron chi connectivity index (χ0n) is 16.6. The second-order valence-corrected chi connectivity index (χ2v) is 8.32. The van der Waals surface area contributed by atoms with Gasteiger partial charge in [0.2, 0.25) is 0 Å². The number of hydrogen-bond acceptors (Lipinski definition) is 3. The number of carbonyl (C=O) groups excluding carboxylic acids is 1. The predicted octanol–water partition coefficient (Wildman–Crippen LogP) is 4.48. The number of para-hydroxylation sites is 1. The summed E-state index contributed by atoms with van der Waals surface area (Å²) in [5.41, 5.74) is 6.29. The molecule has 1 aliphatic heterocycles. The topological polar surface area (TPSA) is 47.6 Å². The minimum Gasteiger partial charge on any atom is -0.486 e. The van der Waals surface area contributed by atoms with Crippen LogP contribution in [0.1, 0.15) is 50.9 Å². The van der Waals surface area contributed by atoms with Gasteiger partial charge in [-0.25, -0.2) is 0 Å². The first-order valence-electron chi connectivity index (χ1n) is 10.7. The highest BCUT2D eigenvalue weighted by Crippen LogP contribution is 2.55. The number of rotatable bonds is 3. The molecule has 7 rings (SSSR count). The molecule has 0 radical (unpaired) electrons. The van der Waals surface area contributed by atoms with Crippen molar-refractivity contribution in [1.29, 1.82) is 0 Å². The van der Waals surface area contributed by atoms with Gasteiger partial charge in [-0.1, -0.05) is 54.6 Å². The van der Waals surface area contributed by atoms with Gasteiger partial charge in [-0.05, 0) is 46.7 Å². The Bertz CT molecular complexity index is 1090. The number of carbonyl (C=O) groups is 1. The van der Waals surface area contributed by atoms with Crippen LogP contribution in [0.5, 0.6) is 11.5 Å². The second-order valence-electron chi connectivity index (χ2n) is 8.32. The van der Waals surface area contributed by atoms with Crippen LogP contribution in [0, 0.1) is 5.92 Å². The molecule has 0 saturated carbocycles. The smallest absolute Gasteiger partial charge is 0.255 e. The van der Waals surface area contributed by atoms with Crippen molar-refractivity contribution in [2.75, 3.05) is 19.8 Å². The molecule has 30 heavy (non-hydrogen) atoms. The van der Waals surface area contributed by atoms with Crippen LogP contribution in [0.25, 0.3) is 0 Å². The quantitative estimate of drug-likeness (QED) is 0.709. The lowest BCUT2D eigenvalue weighted by Crippen LogP contribution is -2.39. The lowest BCUT2D eigenvalue weighted by atomic mass is 9.59. The molecular weight excluding hydrogens is 374 g/mol. The van der Waals surface area contributed by atoms with Crippen LogP contribution < -0.4 is 14.8 Å². The summed E-state index contributed by atoms with van der Waals surface area (Å²) in [6, 6.07) is 23.1. The third-order valence-electron chi connectivity index (χ3n) is 6.76. The molecule has 4 heteroatoms. The number of fused-ring (bicyclic) bond motifs is 2. The van der Waals surface area contributed by atoms with Gasteiger partial charge < -0.3 is 14.8 Å². The molecule has 4 nitrogen and oxygen atoms in total. The Balaban J connectivity index is 1.28. The van der Waals surface area contributed by atoms with E-state index in [1.54, 1.807) is 6.07 Å².